The molecule has 0 fully saturated rings. The number of benzene rings is 1. The van der Waals surface area contributed by atoms with Gasteiger partial charge in [0.05, 0.1) is 12.3 Å². The summed E-state index contributed by atoms with van der Waals surface area (Å²) in [6.07, 6.45) is 3.04. The smallest absolute Gasteiger partial charge is 0.106 e. The normalized spacial score (nSPS) is 11.0. The highest BCUT2D eigenvalue weighted by Crippen LogP contribution is 2.11. The van der Waals surface area contributed by atoms with Crippen molar-refractivity contribution in [2.24, 2.45) is 0 Å². The molecule has 114 valence electrons. The molecular formula is C17H25N3O. The minimum atomic E-state index is 0.728. The van der Waals surface area contributed by atoms with Gasteiger partial charge in [0.2, 0.25) is 0 Å². The standard InChI is InChI=1S/C17H25N3O/c1-4-15-5-7-16(8-6-15)13-20-14(2)19-12-17(20)11-18-9-10-21-3/h5-8,12,18H,4,9-11,13H2,1-3H3. The zero-order valence-electron chi connectivity index (χ0n) is 13.2. The SMILES string of the molecule is CCc1ccc(Cn2c(CNCCOC)cnc2C)cc1. The highest BCUT2D eigenvalue weighted by atomic mass is 16.5. The molecule has 0 spiro atoms. The molecule has 2 aromatic rings. The van der Waals surface area contributed by atoms with Gasteiger partial charge >= 0.3 is 0 Å². The maximum absolute atomic E-state index is 5.05. The first-order valence-corrected chi connectivity index (χ1v) is 7.53. The van der Waals surface area contributed by atoms with Crippen molar-refractivity contribution in [3.8, 4) is 0 Å². The number of imidazole rings is 1. The topological polar surface area (TPSA) is 39.1 Å². The van der Waals surface area contributed by atoms with Crippen LogP contribution in [0.2, 0.25) is 0 Å². The van der Waals surface area contributed by atoms with Gasteiger partial charge in [0.25, 0.3) is 0 Å². The molecule has 0 saturated carbocycles. The van der Waals surface area contributed by atoms with E-state index < -0.39 is 0 Å². The maximum atomic E-state index is 5.05. The first-order chi connectivity index (χ1) is 10.2. The van der Waals surface area contributed by atoms with Crippen molar-refractivity contribution in [1.29, 1.82) is 0 Å². The van der Waals surface area contributed by atoms with E-state index in [9.17, 15) is 0 Å². The zero-order valence-corrected chi connectivity index (χ0v) is 13.2. The van der Waals surface area contributed by atoms with Gasteiger partial charge < -0.3 is 14.6 Å². The van der Waals surface area contributed by atoms with Crippen LogP contribution < -0.4 is 5.32 Å². The Morgan fingerprint density at radius 3 is 2.57 bits per heavy atom. The number of hydrogen-bond donors (Lipinski definition) is 1. The molecule has 0 radical (unpaired) electrons. The molecule has 0 atom stereocenters. The van der Waals surface area contributed by atoms with Crippen LogP contribution in [-0.2, 0) is 24.2 Å². The van der Waals surface area contributed by atoms with E-state index in [1.807, 2.05) is 6.20 Å². The molecule has 21 heavy (non-hydrogen) atoms. The van der Waals surface area contributed by atoms with Crippen LogP contribution in [0.5, 0.6) is 0 Å². The molecule has 0 aliphatic heterocycles. The first-order valence-electron chi connectivity index (χ1n) is 7.53. The van der Waals surface area contributed by atoms with Crippen molar-refractivity contribution in [1.82, 2.24) is 14.9 Å². The van der Waals surface area contributed by atoms with E-state index in [-0.39, 0.29) is 0 Å². The second-order valence-corrected chi connectivity index (χ2v) is 5.22. The monoisotopic (exact) mass is 287 g/mol. The van der Waals surface area contributed by atoms with Gasteiger partial charge in [-0.3, -0.25) is 0 Å². The van der Waals surface area contributed by atoms with Gasteiger partial charge in [-0.05, 0) is 24.5 Å². The molecule has 2 rings (SSSR count). The summed E-state index contributed by atoms with van der Waals surface area (Å²) in [6, 6.07) is 8.83. The summed E-state index contributed by atoms with van der Waals surface area (Å²) < 4.78 is 7.31. The van der Waals surface area contributed by atoms with Crippen molar-refractivity contribution in [2.75, 3.05) is 20.3 Å². The average Bonchev–Trinajstić information content (AvgIpc) is 2.85. The summed E-state index contributed by atoms with van der Waals surface area (Å²) in [4.78, 5) is 4.44. The van der Waals surface area contributed by atoms with Crippen LogP contribution in [0.25, 0.3) is 0 Å². The number of ether oxygens (including phenoxy) is 1. The summed E-state index contributed by atoms with van der Waals surface area (Å²) in [7, 11) is 1.72. The quantitative estimate of drug-likeness (QED) is 0.758. The molecule has 4 heteroatoms. The lowest BCUT2D eigenvalue weighted by Gasteiger charge is -2.11. The van der Waals surface area contributed by atoms with Gasteiger partial charge in [0, 0.05) is 32.9 Å². The van der Waals surface area contributed by atoms with Gasteiger partial charge in [-0.25, -0.2) is 4.98 Å². The van der Waals surface area contributed by atoms with Gasteiger partial charge in [-0.15, -0.1) is 0 Å². The fourth-order valence-corrected chi connectivity index (χ4v) is 2.33. The molecule has 1 aromatic heterocycles. The lowest BCUT2D eigenvalue weighted by Crippen LogP contribution is -2.21. The van der Waals surface area contributed by atoms with Crippen LogP contribution in [0.4, 0.5) is 0 Å². The van der Waals surface area contributed by atoms with E-state index in [0.717, 1.165) is 38.5 Å². The van der Waals surface area contributed by atoms with E-state index in [0.29, 0.717) is 0 Å². The number of hydrogen-bond acceptors (Lipinski definition) is 3. The number of methoxy groups -OCH3 is 1. The molecule has 4 nitrogen and oxygen atoms in total. The highest BCUT2D eigenvalue weighted by Gasteiger charge is 2.07. The molecule has 1 N–H and O–H groups in total. The van der Waals surface area contributed by atoms with Crippen molar-refractivity contribution in [2.45, 2.75) is 33.4 Å². The van der Waals surface area contributed by atoms with E-state index >= 15 is 0 Å². The predicted octanol–water partition coefficient (Wildman–Crippen LogP) is 2.54. The Balaban J connectivity index is 2.02. The predicted molar refractivity (Wildman–Crippen MR) is 85.5 cm³/mol. The minimum absolute atomic E-state index is 0.728. The molecule has 0 aliphatic carbocycles. The summed E-state index contributed by atoms with van der Waals surface area (Å²) >= 11 is 0. The number of rotatable bonds is 8. The Morgan fingerprint density at radius 2 is 1.90 bits per heavy atom. The fraction of sp³-hybridized carbons (Fsp3) is 0.471. The van der Waals surface area contributed by atoms with Gasteiger partial charge in [-0.2, -0.15) is 0 Å². The molecule has 1 heterocycles. The van der Waals surface area contributed by atoms with Crippen molar-refractivity contribution in [3.05, 3.63) is 53.1 Å². The second-order valence-electron chi connectivity index (χ2n) is 5.22. The van der Waals surface area contributed by atoms with E-state index in [1.54, 1.807) is 7.11 Å². The lowest BCUT2D eigenvalue weighted by molar-refractivity contribution is 0.199. The largest absolute Gasteiger partial charge is 0.383 e. The summed E-state index contributed by atoms with van der Waals surface area (Å²) in [5, 5.41) is 3.37. The van der Waals surface area contributed by atoms with E-state index in [1.165, 1.54) is 16.8 Å². The van der Waals surface area contributed by atoms with Crippen LogP contribution in [0.15, 0.2) is 30.5 Å². The maximum Gasteiger partial charge on any atom is 0.106 e. The third-order valence-corrected chi connectivity index (χ3v) is 3.70. The minimum Gasteiger partial charge on any atom is -0.383 e. The highest BCUT2D eigenvalue weighted by molar-refractivity contribution is 5.23. The molecule has 0 amide bonds. The summed E-state index contributed by atoms with van der Waals surface area (Å²) in [5.41, 5.74) is 3.90. The molecule has 0 bridgehead atoms. The van der Waals surface area contributed by atoms with Gasteiger partial charge in [-0.1, -0.05) is 31.2 Å². The molecule has 0 unspecified atom stereocenters. The van der Waals surface area contributed by atoms with Gasteiger partial charge in [0.1, 0.15) is 5.82 Å². The first kappa shape index (κ1) is 15.7. The molecule has 0 aliphatic rings. The van der Waals surface area contributed by atoms with E-state index in [4.69, 9.17) is 4.74 Å². The molecule has 1 aromatic carbocycles. The Labute approximate surface area is 127 Å². The van der Waals surface area contributed by atoms with Crippen LogP contribution in [0.3, 0.4) is 0 Å². The Morgan fingerprint density at radius 1 is 1.19 bits per heavy atom. The third-order valence-electron chi connectivity index (χ3n) is 3.70. The third kappa shape index (κ3) is 4.41. The van der Waals surface area contributed by atoms with Crippen molar-refractivity contribution < 1.29 is 4.74 Å². The van der Waals surface area contributed by atoms with Crippen LogP contribution in [0.1, 0.15) is 29.6 Å². The second kappa shape index (κ2) is 7.96. The van der Waals surface area contributed by atoms with E-state index in [2.05, 4.69) is 53.0 Å². The average molecular weight is 287 g/mol. The Kier molecular flexibility index (Phi) is 5.96. The van der Waals surface area contributed by atoms with Gasteiger partial charge in [0.15, 0.2) is 0 Å². The van der Waals surface area contributed by atoms with Crippen LogP contribution >= 0.6 is 0 Å². The Hall–Kier alpha value is -1.65. The fourth-order valence-electron chi connectivity index (χ4n) is 2.33. The number of nitrogens with one attached hydrogen (secondary N) is 1. The Bertz CT molecular complexity index is 546. The zero-order chi connectivity index (χ0) is 15.1. The molecule has 0 saturated heterocycles. The van der Waals surface area contributed by atoms with Crippen LogP contribution in [0, 0.1) is 6.92 Å². The number of aryl methyl sites for hydroxylation is 2. The molecular weight excluding hydrogens is 262 g/mol. The number of aromatic nitrogens is 2. The number of nitrogens with zero attached hydrogens (tertiary/aromatic N) is 2. The van der Waals surface area contributed by atoms with Crippen molar-refractivity contribution in [3.63, 3.8) is 0 Å². The lowest BCUT2D eigenvalue weighted by atomic mass is 10.1. The summed E-state index contributed by atoms with van der Waals surface area (Å²) in [6.45, 7) is 7.50. The summed E-state index contributed by atoms with van der Waals surface area (Å²) in [5.74, 6) is 1.05. The van der Waals surface area contributed by atoms with Crippen LogP contribution in [-0.4, -0.2) is 29.8 Å². The van der Waals surface area contributed by atoms with Crippen molar-refractivity contribution >= 4 is 0 Å².